The fourth-order valence-corrected chi connectivity index (χ4v) is 4.96. The van der Waals surface area contributed by atoms with E-state index in [0.29, 0.717) is 20.3 Å². The van der Waals surface area contributed by atoms with E-state index in [1.165, 1.54) is 19.1 Å². The van der Waals surface area contributed by atoms with Gasteiger partial charge in [0, 0.05) is 14.7 Å². The standard InChI is InChI=1S/C28H17F6IO2/c1-16-10-12-24(22(14-16)27(29,30)31)36-26(37-25-13-11-17(35)15-23(25)28(32,33)34)20-8-4-2-6-18(20)19-7-3-5-9-21(19)26/h2-15H,1H3. The maximum absolute atomic E-state index is 14.0. The molecule has 0 amide bonds. The zero-order chi connectivity index (χ0) is 26.6. The molecule has 0 spiro atoms. The molecule has 2 nitrogen and oxygen atoms in total. The Hall–Kier alpha value is -3.21. The van der Waals surface area contributed by atoms with Crippen LogP contribution >= 0.6 is 22.6 Å². The number of hydrogen-bond acceptors (Lipinski definition) is 2. The summed E-state index contributed by atoms with van der Waals surface area (Å²) in [7, 11) is 0. The summed E-state index contributed by atoms with van der Waals surface area (Å²) in [6.07, 6.45) is -9.56. The van der Waals surface area contributed by atoms with Crippen molar-refractivity contribution in [3.8, 4) is 22.6 Å². The van der Waals surface area contributed by atoms with Crippen LogP contribution in [0.1, 0.15) is 27.8 Å². The van der Waals surface area contributed by atoms with Gasteiger partial charge in [-0.2, -0.15) is 26.3 Å². The van der Waals surface area contributed by atoms with Gasteiger partial charge in [-0.3, -0.25) is 0 Å². The average molecular weight is 626 g/mol. The Morgan fingerprint density at radius 2 is 1.08 bits per heavy atom. The molecule has 0 atom stereocenters. The molecule has 0 heterocycles. The van der Waals surface area contributed by atoms with Crippen LogP contribution in [0.2, 0.25) is 0 Å². The summed E-state index contributed by atoms with van der Waals surface area (Å²) in [5.74, 6) is -3.27. The van der Waals surface area contributed by atoms with Crippen molar-refractivity contribution < 1.29 is 35.8 Å². The predicted molar refractivity (Wildman–Crippen MR) is 134 cm³/mol. The second-order valence-electron chi connectivity index (χ2n) is 8.55. The first-order valence-corrected chi connectivity index (χ1v) is 12.1. The quantitative estimate of drug-likeness (QED) is 0.128. The lowest BCUT2D eigenvalue weighted by Crippen LogP contribution is -2.40. The Labute approximate surface area is 222 Å². The largest absolute Gasteiger partial charge is 0.444 e. The van der Waals surface area contributed by atoms with Gasteiger partial charge in [-0.15, -0.1) is 0 Å². The van der Waals surface area contributed by atoms with Crippen molar-refractivity contribution in [3.63, 3.8) is 0 Å². The number of fused-ring (bicyclic) bond motifs is 3. The first-order chi connectivity index (χ1) is 17.4. The van der Waals surface area contributed by atoms with E-state index in [1.807, 2.05) is 0 Å². The SMILES string of the molecule is Cc1ccc(OC2(Oc3ccc(I)cc3C(F)(F)F)c3ccccc3-c3ccccc32)c(C(F)(F)F)c1. The van der Waals surface area contributed by atoms with Crippen molar-refractivity contribution in [3.05, 3.63) is 116 Å². The van der Waals surface area contributed by atoms with Crippen LogP contribution in [-0.4, -0.2) is 0 Å². The molecule has 0 aromatic heterocycles. The summed E-state index contributed by atoms with van der Waals surface area (Å²) in [6.45, 7) is 1.51. The van der Waals surface area contributed by atoms with Crippen LogP contribution in [0.15, 0.2) is 84.9 Å². The van der Waals surface area contributed by atoms with Crippen molar-refractivity contribution in [2.45, 2.75) is 25.1 Å². The zero-order valence-electron chi connectivity index (χ0n) is 19.0. The highest BCUT2D eigenvalue weighted by molar-refractivity contribution is 14.1. The molecule has 0 radical (unpaired) electrons. The monoisotopic (exact) mass is 626 g/mol. The molecule has 5 rings (SSSR count). The van der Waals surface area contributed by atoms with Crippen molar-refractivity contribution in [2.24, 2.45) is 0 Å². The second kappa shape index (κ2) is 8.97. The summed E-state index contributed by atoms with van der Waals surface area (Å²) < 4.78 is 96.8. The van der Waals surface area contributed by atoms with Gasteiger partial charge in [0.2, 0.25) is 0 Å². The van der Waals surface area contributed by atoms with Gasteiger partial charge < -0.3 is 9.47 Å². The first kappa shape index (κ1) is 25.4. The minimum atomic E-state index is -4.78. The fourth-order valence-electron chi connectivity index (χ4n) is 4.47. The molecule has 0 saturated heterocycles. The highest BCUT2D eigenvalue weighted by Crippen LogP contribution is 2.53. The molecular formula is C28H17F6IO2. The number of alkyl halides is 6. The fraction of sp³-hybridized carbons (Fsp3) is 0.143. The van der Waals surface area contributed by atoms with Crippen molar-refractivity contribution in [1.29, 1.82) is 0 Å². The first-order valence-electron chi connectivity index (χ1n) is 11.0. The molecule has 0 saturated carbocycles. The number of rotatable bonds is 4. The van der Waals surface area contributed by atoms with E-state index in [1.54, 1.807) is 71.1 Å². The summed E-state index contributed by atoms with van der Waals surface area (Å²) in [4.78, 5) is 0. The molecule has 4 aromatic carbocycles. The van der Waals surface area contributed by atoms with Gasteiger partial charge in [-0.05, 0) is 71.0 Å². The third-order valence-electron chi connectivity index (χ3n) is 6.05. The highest BCUT2D eigenvalue weighted by atomic mass is 127. The Kier molecular flexibility index (Phi) is 6.17. The lowest BCUT2D eigenvalue weighted by Gasteiger charge is -2.34. The van der Waals surface area contributed by atoms with Gasteiger partial charge in [0.1, 0.15) is 11.5 Å². The molecule has 0 bridgehead atoms. The smallest absolute Gasteiger partial charge is 0.420 e. The average Bonchev–Trinajstić information content (AvgIpc) is 3.10. The number of halogens is 7. The van der Waals surface area contributed by atoms with Crippen LogP contribution in [0.25, 0.3) is 11.1 Å². The minimum absolute atomic E-state index is 0.288. The molecule has 4 aromatic rings. The number of hydrogen-bond donors (Lipinski definition) is 0. The highest BCUT2D eigenvalue weighted by Gasteiger charge is 2.51. The molecule has 0 unspecified atom stereocenters. The van der Waals surface area contributed by atoms with E-state index in [-0.39, 0.29) is 11.1 Å². The molecule has 0 aliphatic heterocycles. The molecule has 0 fully saturated rings. The summed E-state index contributed by atoms with van der Waals surface area (Å²) in [5.41, 5.74) is -0.0390. The Bertz CT molecular complexity index is 1380. The maximum atomic E-state index is 14.0. The summed E-state index contributed by atoms with van der Waals surface area (Å²) >= 11 is 1.75. The van der Waals surface area contributed by atoms with Crippen LogP contribution in [0.4, 0.5) is 26.3 Å². The molecule has 0 N–H and O–H groups in total. The third-order valence-corrected chi connectivity index (χ3v) is 6.72. The zero-order valence-corrected chi connectivity index (χ0v) is 21.2. The van der Waals surface area contributed by atoms with Gasteiger partial charge in [0.15, 0.2) is 0 Å². The van der Waals surface area contributed by atoms with Crippen LogP contribution < -0.4 is 9.47 Å². The van der Waals surface area contributed by atoms with E-state index in [0.717, 1.165) is 24.3 Å². The van der Waals surface area contributed by atoms with Crippen LogP contribution in [0.5, 0.6) is 11.5 Å². The molecule has 190 valence electrons. The van der Waals surface area contributed by atoms with Crippen molar-refractivity contribution in [1.82, 2.24) is 0 Å². The number of aryl methyl sites for hydroxylation is 1. The Balaban J connectivity index is 1.79. The van der Waals surface area contributed by atoms with Gasteiger partial charge >= 0.3 is 18.1 Å². The maximum Gasteiger partial charge on any atom is 0.420 e. The van der Waals surface area contributed by atoms with Crippen molar-refractivity contribution >= 4 is 22.6 Å². The van der Waals surface area contributed by atoms with E-state index in [9.17, 15) is 26.3 Å². The summed E-state index contributed by atoms with van der Waals surface area (Å²) in [5, 5.41) is 0. The normalized spacial score (nSPS) is 14.2. The van der Waals surface area contributed by atoms with Crippen LogP contribution in [0, 0.1) is 10.5 Å². The topological polar surface area (TPSA) is 18.5 Å². The Morgan fingerprint density at radius 3 is 1.59 bits per heavy atom. The molecule has 37 heavy (non-hydrogen) atoms. The second-order valence-corrected chi connectivity index (χ2v) is 9.79. The number of benzene rings is 4. The molecule has 9 heteroatoms. The van der Waals surface area contributed by atoms with Gasteiger partial charge in [0.25, 0.3) is 0 Å². The molecular weight excluding hydrogens is 609 g/mol. The van der Waals surface area contributed by atoms with Crippen LogP contribution in [0.3, 0.4) is 0 Å². The third kappa shape index (κ3) is 4.54. The predicted octanol–water partition coefficient (Wildman–Crippen LogP) is 8.98. The lowest BCUT2D eigenvalue weighted by atomic mass is 10.0. The van der Waals surface area contributed by atoms with E-state index in [4.69, 9.17) is 9.47 Å². The van der Waals surface area contributed by atoms with Gasteiger partial charge in [-0.25, -0.2) is 0 Å². The van der Waals surface area contributed by atoms with Gasteiger partial charge in [0.05, 0.1) is 11.1 Å². The van der Waals surface area contributed by atoms with Gasteiger partial charge in [-0.1, -0.05) is 60.2 Å². The minimum Gasteiger partial charge on any atom is -0.444 e. The Morgan fingerprint density at radius 1 is 0.622 bits per heavy atom. The van der Waals surface area contributed by atoms with E-state index in [2.05, 4.69) is 0 Å². The summed E-state index contributed by atoms with van der Waals surface area (Å²) in [6, 6.07) is 20.4. The van der Waals surface area contributed by atoms with E-state index >= 15 is 0 Å². The lowest BCUT2D eigenvalue weighted by molar-refractivity contribution is -0.148. The molecule has 1 aliphatic rings. The number of ether oxygens (including phenoxy) is 2. The van der Waals surface area contributed by atoms with Crippen LogP contribution in [-0.2, 0) is 18.1 Å². The van der Waals surface area contributed by atoms with E-state index < -0.39 is 40.8 Å². The van der Waals surface area contributed by atoms with Crippen molar-refractivity contribution in [2.75, 3.05) is 0 Å². The molecule has 1 aliphatic carbocycles.